The Kier molecular flexibility index (Phi) is 8.02. The summed E-state index contributed by atoms with van der Waals surface area (Å²) in [4.78, 5) is 12.5. The Labute approximate surface area is 185 Å². The van der Waals surface area contributed by atoms with E-state index in [1.807, 2.05) is 0 Å². The van der Waals surface area contributed by atoms with Gasteiger partial charge in [0.1, 0.15) is 11.6 Å². The summed E-state index contributed by atoms with van der Waals surface area (Å²) in [6, 6.07) is 10.8. The van der Waals surface area contributed by atoms with Gasteiger partial charge in [0.2, 0.25) is 11.9 Å². The van der Waals surface area contributed by atoms with Gasteiger partial charge in [-0.3, -0.25) is 0 Å². The Morgan fingerprint density at radius 3 is 2.30 bits per heavy atom. The van der Waals surface area contributed by atoms with Gasteiger partial charge in [0.15, 0.2) is 0 Å². The Hall–Kier alpha value is -3.87. The van der Waals surface area contributed by atoms with E-state index in [4.69, 9.17) is 4.74 Å². The number of rotatable bonds is 10. The molecule has 1 heterocycles. The zero-order valence-electron chi connectivity index (χ0n) is 17.3. The lowest BCUT2D eigenvalue weighted by atomic mass is 10.2. The predicted octanol–water partition coefficient (Wildman–Crippen LogP) is 5.00. The highest BCUT2D eigenvalue weighted by Crippen LogP contribution is 2.25. The topological polar surface area (TPSA) is 106 Å². The van der Waals surface area contributed by atoms with Crippen LogP contribution in [-0.2, 0) is 11.3 Å². The summed E-state index contributed by atoms with van der Waals surface area (Å²) in [7, 11) is 1.54. The second-order valence-corrected chi connectivity index (χ2v) is 6.43. The fraction of sp³-hybridized carbons (Fsp3) is 0.250. The van der Waals surface area contributed by atoms with E-state index >= 15 is 0 Å². The number of nitrogens with zero attached hydrogens (tertiary/aromatic N) is 5. The molecule has 0 atom stereocenters. The molecular weight excluding hydrogens is 446 g/mol. The van der Waals surface area contributed by atoms with E-state index in [9.17, 15) is 17.6 Å². The van der Waals surface area contributed by atoms with Gasteiger partial charge in [-0.25, -0.2) is 4.39 Å². The van der Waals surface area contributed by atoms with Crippen LogP contribution in [0, 0.1) is 5.82 Å². The first-order chi connectivity index (χ1) is 15.8. The number of methoxy groups -OCH3 is 1. The summed E-state index contributed by atoms with van der Waals surface area (Å²) in [5, 5.41) is 13.8. The van der Waals surface area contributed by atoms with Crippen molar-refractivity contribution < 1.29 is 27.0 Å². The molecule has 0 saturated carbocycles. The fourth-order valence-corrected chi connectivity index (χ4v) is 2.45. The molecule has 2 N–H and O–H groups in total. The Morgan fingerprint density at radius 1 is 0.939 bits per heavy atom. The molecule has 0 aliphatic heterocycles. The number of alkyl halides is 3. The normalized spacial score (nSPS) is 11.5. The number of ether oxygens (including phenoxy) is 2. The van der Waals surface area contributed by atoms with Crippen LogP contribution in [0.25, 0.3) is 0 Å². The first-order valence-corrected chi connectivity index (χ1v) is 9.54. The van der Waals surface area contributed by atoms with E-state index in [0.29, 0.717) is 18.8 Å². The average molecular weight is 465 g/mol. The van der Waals surface area contributed by atoms with Crippen LogP contribution >= 0.6 is 0 Å². The minimum atomic E-state index is -4.78. The summed E-state index contributed by atoms with van der Waals surface area (Å²) in [6.07, 6.45) is -4.78. The van der Waals surface area contributed by atoms with E-state index in [1.165, 1.54) is 24.3 Å². The van der Waals surface area contributed by atoms with Crippen molar-refractivity contribution in [1.82, 2.24) is 15.0 Å². The maximum Gasteiger partial charge on any atom is 0.573 e. The molecular formula is C20H19F4N7O2. The molecule has 0 fully saturated rings. The van der Waals surface area contributed by atoms with Crippen LogP contribution in [0.3, 0.4) is 0 Å². The third kappa shape index (κ3) is 8.29. The van der Waals surface area contributed by atoms with Gasteiger partial charge in [0.25, 0.3) is 5.95 Å². The Balaban J connectivity index is 1.74. The van der Waals surface area contributed by atoms with Crippen LogP contribution in [-0.4, -0.2) is 41.6 Å². The van der Waals surface area contributed by atoms with Crippen molar-refractivity contribution in [3.8, 4) is 5.75 Å². The maximum atomic E-state index is 13.0. The summed E-state index contributed by atoms with van der Waals surface area (Å²) in [5.74, 6) is -0.441. The zero-order chi connectivity index (χ0) is 23.7. The molecule has 0 aliphatic carbocycles. The van der Waals surface area contributed by atoms with Gasteiger partial charge in [0, 0.05) is 19.3 Å². The average Bonchev–Trinajstić information content (AvgIpc) is 2.76. The second-order valence-electron chi connectivity index (χ2n) is 6.43. The largest absolute Gasteiger partial charge is 0.573 e. The first kappa shape index (κ1) is 23.8. The molecule has 0 amide bonds. The van der Waals surface area contributed by atoms with Gasteiger partial charge >= 0.3 is 6.36 Å². The molecule has 3 aromatic rings. The lowest BCUT2D eigenvalue weighted by Gasteiger charge is -2.10. The number of azo groups is 1. The van der Waals surface area contributed by atoms with Crippen molar-refractivity contribution in [2.24, 2.45) is 10.2 Å². The molecule has 3 rings (SSSR count). The molecule has 33 heavy (non-hydrogen) atoms. The van der Waals surface area contributed by atoms with Crippen molar-refractivity contribution in [3.05, 3.63) is 59.9 Å². The van der Waals surface area contributed by atoms with E-state index in [0.717, 1.165) is 17.7 Å². The number of hydrogen-bond acceptors (Lipinski definition) is 9. The van der Waals surface area contributed by atoms with Crippen LogP contribution in [0.5, 0.6) is 5.75 Å². The standard InChI is InChI=1S/C20H19F4N7O2/c1-32-11-10-25-17-28-18(27-15-6-8-16(9-7-15)33-20(22,23)24)30-19(29-17)31-26-12-13-2-4-14(21)5-3-13/h2-9H,10-12H2,1H3,(H2,25,27,28,29,30). The Morgan fingerprint density at radius 2 is 1.64 bits per heavy atom. The Bertz CT molecular complexity index is 1060. The molecule has 0 saturated heterocycles. The molecule has 0 aliphatic rings. The van der Waals surface area contributed by atoms with Crippen molar-refractivity contribution in [1.29, 1.82) is 0 Å². The van der Waals surface area contributed by atoms with E-state index in [2.05, 4.69) is 40.6 Å². The summed E-state index contributed by atoms with van der Waals surface area (Å²) < 4.78 is 58.8. The third-order valence-electron chi connectivity index (χ3n) is 3.88. The van der Waals surface area contributed by atoms with Gasteiger partial charge in [-0.05, 0) is 42.0 Å². The number of nitrogens with one attached hydrogen (secondary N) is 2. The number of hydrogen-bond donors (Lipinski definition) is 2. The molecule has 0 radical (unpaired) electrons. The van der Waals surface area contributed by atoms with Crippen molar-refractivity contribution in [3.63, 3.8) is 0 Å². The van der Waals surface area contributed by atoms with Crippen LogP contribution in [0.2, 0.25) is 0 Å². The highest BCUT2D eigenvalue weighted by molar-refractivity contribution is 5.56. The second kappa shape index (κ2) is 11.1. The number of halogens is 4. The van der Waals surface area contributed by atoms with Gasteiger partial charge in [0.05, 0.1) is 13.2 Å². The van der Waals surface area contributed by atoms with Crippen LogP contribution in [0.15, 0.2) is 58.8 Å². The lowest BCUT2D eigenvalue weighted by molar-refractivity contribution is -0.274. The van der Waals surface area contributed by atoms with Crippen molar-refractivity contribution >= 4 is 23.5 Å². The number of benzene rings is 2. The molecule has 1 aromatic heterocycles. The third-order valence-corrected chi connectivity index (χ3v) is 3.88. The monoisotopic (exact) mass is 465 g/mol. The van der Waals surface area contributed by atoms with Crippen LogP contribution < -0.4 is 15.4 Å². The molecule has 9 nitrogen and oxygen atoms in total. The molecule has 0 spiro atoms. The summed E-state index contributed by atoms with van der Waals surface area (Å²) in [5.41, 5.74) is 1.15. The van der Waals surface area contributed by atoms with E-state index in [-0.39, 0.29) is 36.0 Å². The lowest BCUT2D eigenvalue weighted by Crippen LogP contribution is -2.17. The van der Waals surface area contributed by atoms with Crippen LogP contribution in [0.4, 0.5) is 41.1 Å². The predicted molar refractivity (Wildman–Crippen MR) is 111 cm³/mol. The molecule has 174 valence electrons. The SMILES string of the molecule is COCCNc1nc(N=NCc2ccc(F)cc2)nc(Nc2ccc(OC(F)(F)F)cc2)n1. The maximum absolute atomic E-state index is 13.0. The van der Waals surface area contributed by atoms with Crippen molar-refractivity contribution in [2.45, 2.75) is 12.9 Å². The fourth-order valence-electron chi connectivity index (χ4n) is 2.45. The summed E-state index contributed by atoms with van der Waals surface area (Å²) in [6.45, 7) is 0.994. The van der Waals surface area contributed by atoms with Gasteiger partial charge < -0.3 is 20.1 Å². The zero-order valence-corrected chi connectivity index (χ0v) is 17.3. The smallest absolute Gasteiger partial charge is 0.406 e. The summed E-state index contributed by atoms with van der Waals surface area (Å²) >= 11 is 0. The highest BCUT2D eigenvalue weighted by atomic mass is 19.4. The van der Waals surface area contributed by atoms with Crippen LogP contribution in [0.1, 0.15) is 5.56 Å². The highest BCUT2D eigenvalue weighted by Gasteiger charge is 2.30. The molecule has 0 bridgehead atoms. The number of aromatic nitrogens is 3. The van der Waals surface area contributed by atoms with Gasteiger partial charge in [-0.1, -0.05) is 12.1 Å². The molecule has 0 unspecified atom stereocenters. The quantitative estimate of drug-likeness (QED) is 0.247. The number of anilines is 3. The van der Waals surface area contributed by atoms with Gasteiger partial charge in [-0.2, -0.15) is 20.1 Å². The molecule has 2 aromatic carbocycles. The van der Waals surface area contributed by atoms with E-state index in [1.54, 1.807) is 19.2 Å². The molecule has 13 heteroatoms. The minimum Gasteiger partial charge on any atom is -0.406 e. The van der Waals surface area contributed by atoms with Crippen molar-refractivity contribution in [2.75, 3.05) is 30.9 Å². The minimum absolute atomic E-state index is 0.00782. The van der Waals surface area contributed by atoms with E-state index < -0.39 is 6.36 Å². The first-order valence-electron chi connectivity index (χ1n) is 9.54. The van der Waals surface area contributed by atoms with Gasteiger partial charge in [-0.15, -0.1) is 18.3 Å².